The van der Waals surface area contributed by atoms with Gasteiger partial charge in [-0.3, -0.25) is 9.52 Å². The van der Waals surface area contributed by atoms with Crippen molar-refractivity contribution in [3.8, 4) is 11.5 Å². The van der Waals surface area contributed by atoms with E-state index in [1.165, 1.54) is 24.3 Å². The van der Waals surface area contributed by atoms with Crippen LogP contribution in [0.3, 0.4) is 0 Å². The third-order valence-electron chi connectivity index (χ3n) is 5.07. The van der Waals surface area contributed by atoms with E-state index in [0.29, 0.717) is 22.7 Å². The molecule has 32 heavy (non-hydrogen) atoms. The molecule has 0 radical (unpaired) electrons. The smallest absolute Gasteiger partial charge is 0.261 e. The summed E-state index contributed by atoms with van der Waals surface area (Å²) in [6.45, 7) is 3.66. The number of hydrogen-bond acceptors (Lipinski definition) is 5. The lowest BCUT2D eigenvalue weighted by Gasteiger charge is -2.18. The molecular weight excluding hydrogens is 428 g/mol. The van der Waals surface area contributed by atoms with E-state index in [2.05, 4.69) is 10.0 Å². The Morgan fingerprint density at radius 3 is 2.25 bits per heavy atom. The molecule has 3 aromatic carbocycles. The number of benzene rings is 3. The predicted octanol–water partition coefficient (Wildman–Crippen LogP) is 4.30. The molecule has 0 aliphatic carbocycles. The van der Waals surface area contributed by atoms with Gasteiger partial charge in [-0.2, -0.15) is 0 Å². The number of methoxy groups -OCH3 is 2. The number of nitrogens with one attached hydrogen (secondary N) is 2. The second kappa shape index (κ2) is 9.74. The molecular formula is C24H26N2O5S. The maximum absolute atomic E-state index is 12.7. The average molecular weight is 455 g/mol. The molecule has 3 rings (SSSR count). The van der Waals surface area contributed by atoms with Crippen molar-refractivity contribution in [2.75, 3.05) is 18.9 Å². The van der Waals surface area contributed by atoms with Crippen molar-refractivity contribution in [1.82, 2.24) is 5.32 Å². The standard InChI is InChI=1S/C24H26N2O5S/c1-16-7-5-6-8-22(16)26-32(28,29)20-12-9-18(10-13-20)24(27)25-17(2)21-14-11-19(30-3)15-23(21)31-4/h5-15,17,26H,1-4H3,(H,25,27). The van der Waals surface area contributed by atoms with Crippen LogP contribution >= 0.6 is 0 Å². The fourth-order valence-electron chi connectivity index (χ4n) is 3.21. The molecule has 1 atom stereocenters. The molecule has 0 aliphatic heterocycles. The van der Waals surface area contributed by atoms with Crippen molar-refractivity contribution in [2.24, 2.45) is 0 Å². The van der Waals surface area contributed by atoms with E-state index < -0.39 is 10.0 Å². The van der Waals surface area contributed by atoms with Crippen LogP contribution in [-0.4, -0.2) is 28.5 Å². The van der Waals surface area contributed by atoms with E-state index in [1.807, 2.05) is 32.0 Å². The highest BCUT2D eigenvalue weighted by molar-refractivity contribution is 7.92. The molecule has 8 heteroatoms. The predicted molar refractivity (Wildman–Crippen MR) is 124 cm³/mol. The number of sulfonamides is 1. The summed E-state index contributed by atoms with van der Waals surface area (Å²) in [6.07, 6.45) is 0. The van der Waals surface area contributed by atoms with Gasteiger partial charge in [0.05, 0.1) is 30.8 Å². The van der Waals surface area contributed by atoms with Gasteiger partial charge in [0.25, 0.3) is 15.9 Å². The maximum Gasteiger partial charge on any atom is 0.261 e. The second-order valence-corrected chi connectivity index (χ2v) is 8.93. The van der Waals surface area contributed by atoms with Crippen LogP contribution in [0.4, 0.5) is 5.69 Å². The van der Waals surface area contributed by atoms with Crippen molar-refractivity contribution >= 4 is 21.6 Å². The van der Waals surface area contributed by atoms with Crippen molar-refractivity contribution in [1.29, 1.82) is 0 Å². The fourth-order valence-corrected chi connectivity index (χ4v) is 4.34. The molecule has 0 spiro atoms. The molecule has 0 bridgehead atoms. The Hall–Kier alpha value is -3.52. The SMILES string of the molecule is COc1ccc(C(C)NC(=O)c2ccc(S(=O)(=O)Nc3ccccc3C)cc2)c(OC)c1. The Labute approximate surface area is 188 Å². The van der Waals surface area contributed by atoms with Crippen molar-refractivity contribution in [3.05, 3.63) is 83.4 Å². The number of hydrogen-bond donors (Lipinski definition) is 2. The Morgan fingerprint density at radius 1 is 0.938 bits per heavy atom. The van der Waals surface area contributed by atoms with Gasteiger partial charge < -0.3 is 14.8 Å². The maximum atomic E-state index is 12.7. The zero-order chi connectivity index (χ0) is 23.3. The molecule has 0 saturated carbocycles. The van der Waals surface area contributed by atoms with E-state index in [9.17, 15) is 13.2 Å². The van der Waals surface area contributed by atoms with E-state index in [-0.39, 0.29) is 16.8 Å². The van der Waals surface area contributed by atoms with Crippen LogP contribution in [0.1, 0.15) is 34.5 Å². The quantitative estimate of drug-likeness (QED) is 0.529. The van der Waals surface area contributed by atoms with Crippen LogP contribution in [0.25, 0.3) is 0 Å². The first-order valence-electron chi connectivity index (χ1n) is 9.96. The highest BCUT2D eigenvalue weighted by Crippen LogP contribution is 2.29. The van der Waals surface area contributed by atoms with Crippen molar-refractivity contribution < 1.29 is 22.7 Å². The van der Waals surface area contributed by atoms with E-state index in [0.717, 1.165) is 11.1 Å². The lowest BCUT2D eigenvalue weighted by atomic mass is 10.1. The van der Waals surface area contributed by atoms with Gasteiger partial charge in [-0.05, 0) is 61.9 Å². The zero-order valence-corrected chi connectivity index (χ0v) is 19.2. The van der Waals surface area contributed by atoms with Gasteiger partial charge in [0.15, 0.2) is 0 Å². The van der Waals surface area contributed by atoms with E-state index in [4.69, 9.17) is 9.47 Å². The number of rotatable bonds is 8. The summed E-state index contributed by atoms with van der Waals surface area (Å²) in [7, 11) is -0.648. The summed E-state index contributed by atoms with van der Waals surface area (Å²) in [5.41, 5.74) is 2.47. The molecule has 7 nitrogen and oxygen atoms in total. The van der Waals surface area contributed by atoms with Crippen LogP contribution < -0.4 is 19.5 Å². The summed E-state index contributed by atoms with van der Waals surface area (Å²) >= 11 is 0. The van der Waals surface area contributed by atoms with Gasteiger partial charge in [0, 0.05) is 17.2 Å². The lowest BCUT2D eigenvalue weighted by Crippen LogP contribution is -2.27. The number of aryl methyl sites for hydroxylation is 1. The molecule has 0 saturated heterocycles. The average Bonchev–Trinajstić information content (AvgIpc) is 2.80. The molecule has 0 fully saturated rings. The first-order valence-corrected chi connectivity index (χ1v) is 11.4. The topological polar surface area (TPSA) is 93.7 Å². The van der Waals surface area contributed by atoms with E-state index >= 15 is 0 Å². The number of ether oxygens (including phenoxy) is 2. The number of carbonyl (C=O) groups excluding carboxylic acids is 1. The van der Waals surface area contributed by atoms with Gasteiger partial charge in [-0.25, -0.2) is 8.42 Å². The minimum absolute atomic E-state index is 0.0715. The minimum Gasteiger partial charge on any atom is -0.497 e. The zero-order valence-electron chi connectivity index (χ0n) is 18.4. The molecule has 3 aromatic rings. The summed E-state index contributed by atoms with van der Waals surface area (Å²) in [4.78, 5) is 12.8. The second-order valence-electron chi connectivity index (χ2n) is 7.25. The van der Waals surface area contributed by atoms with Crippen molar-refractivity contribution in [2.45, 2.75) is 24.8 Å². The molecule has 0 heterocycles. The molecule has 0 aliphatic rings. The monoisotopic (exact) mass is 454 g/mol. The summed E-state index contributed by atoms with van der Waals surface area (Å²) in [5.74, 6) is 0.923. The summed E-state index contributed by atoms with van der Waals surface area (Å²) < 4.78 is 38.5. The lowest BCUT2D eigenvalue weighted by molar-refractivity contribution is 0.0939. The number of carbonyl (C=O) groups is 1. The number of amides is 1. The molecule has 1 unspecified atom stereocenters. The Morgan fingerprint density at radius 2 is 1.62 bits per heavy atom. The summed E-state index contributed by atoms with van der Waals surface area (Å²) in [6, 6.07) is 17.9. The first-order chi connectivity index (χ1) is 15.2. The van der Waals surface area contributed by atoms with Gasteiger partial charge in [-0.1, -0.05) is 18.2 Å². The van der Waals surface area contributed by atoms with Crippen LogP contribution in [0.2, 0.25) is 0 Å². The van der Waals surface area contributed by atoms with Crippen LogP contribution in [0.15, 0.2) is 71.6 Å². The Bertz CT molecular complexity index is 1210. The van der Waals surface area contributed by atoms with Gasteiger partial charge in [0.1, 0.15) is 11.5 Å². The molecule has 1 amide bonds. The normalized spacial score (nSPS) is 12.0. The largest absolute Gasteiger partial charge is 0.497 e. The van der Waals surface area contributed by atoms with Crippen LogP contribution in [0, 0.1) is 6.92 Å². The first kappa shape index (κ1) is 23.1. The highest BCUT2D eigenvalue weighted by atomic mass is 32.2. The third kappa shape index (κ3) is 5.20. The van der Waals surface area contributed by atoms with Crippen molar-refractivity contribution in [3.63, 3.8) is 0 Å². The highest BCUT2D eigenvalue weighted by Gasteiger charge is 2.18. The minimum atomic E-state index is -3.77. The van der Waals surface area contributed by atoms with Crippen LogP contribution in [-0.2, 0) is 10.0 Å². The Balaban J connectivity index is 1.73. The van der Waals surface area contributed by atoms with Gasteiger partial charge >= 0.3 is 0 Å². The molecule has 0 aromatic heterocycles. The van der Waals surface area contributed by atoms with Gasteiger partial charge in [-0.15, -0.1) is 0 Å². The Kier molecular flexibility index (Phi) is 7.05. The van der Waals surface area contributed by atoms with Crippen LogP contribution in [0.5, 0.6) is 11.5 Å². The fraction of sp³-hybridized carbons (Fsp3) is 0.208. The number of para-hydroxylation sites is 1. The molecule has 168 valence electrons. The van der Waals surface area contributed by atoms with E-state index in [1.54, 1.807) is 38.5 Å². The van der Waals surface area contributed by atoms with Gasteiger partial charge in [0.2, 0.25) is 0 Å². The summed E-state index contributed by atoms with van der Waals surface area (Å²) in [5, 5.41) is 2.91. The number of anilines is 1. The third-order valence-corrected chi connectivity index (χ3v) is 6.45. The molecule has 2 N–H and O–H groups in total.